The van der Waals surface area contributed by atoms with Gasteiger partial charge in [-0.05, 0) is 30.3 Å². The fourth-order valence-electron chi connectivity index (χ4n) is 1.56. The number of aromatic nitrogens is 1. The molecule has 2 aromatic rings. The van der Waals surface area contributed by atoms with Crippen LogP contribution in [-0.2, 0) is 0 Å². The van der Waals surface area contributed by atoms with Gasteiger partial charge in [-0.1, -0.05) is 6.07 Å². The van der Waals surface area contributed by atoms with Crippen molar-refractivity contribution in [2.24, 2.45) is 0 Å². The van der Waals surface area contributed by atoms with Crippen LogP contribution in [-0.4, -0.2) is 17.9 Å². The smallest absolute Gasteiger partial charge is 0.256 e. The Bertz CT molecular complexity index is 554. The Kier molecular flexibility index (Phi) is 3.43. The SMILES string of the molecule is CNc1ccc(C(=O)Nc2ccccn2)cc1N. The van der Waals surface area contributed by atoms with Gasteiger partial charge in [0.2, 0.25) is 0 Å². The van der Waals surface area contributed by atoms with E-state index in [0.29, 0.717) is 17.1 Å². The summed E-state index contributed by atoms with van der Waals surface area (Å²) < 4.78 is 0. The maximum absolute atomic E-state index is 11.9. The molecule has 1 aromatic carbocycles. The zero-order valence-corrected chi connectivity index (χ0v) is 9.97. The van der Waals surface area contributed by atoms with Crippen LogP contribution in [0.5, 0.6) is 0 Å². The summed E-state index contributed by atoms with van der Waals surface area (Å²) in [6.07, 6.45) is 1.62. The summed E-state index contributed by atoms with van der Waals surface area (Å²) >= 11 is 0. The fourth-order valence-corrected chi connectivity index (χ4v) is 1.56. The van der Waals surface area contributed by atoms with Crippen molar-refractivity contribution in [3.05, 3.63) is 48.2 Å². The lowest BCUT2D eigenvalue weighted by Crippen LogP contribution is -2.13. The molecule has 0 saturated carbocycles. The van der Waals surface area contributed by atoms with Gasteiger partial charge in [0.1, 0.15) is 5.82 Å². The highest BCUT2D eigenvalue weighted by atomic mass is 16.1. The van der Waals surface area contributed by atoms with E-state index in [9.17, 15) is 4.79 Å². The quantitative estimate of drug-likeness (QED) is 0.719. The molecule has 0 aliphatic rings. The highest BCUT2D eigenvalue weighted by Crippen LogP contribution is 2.19. The lowest BCUT2D eigenvalue weighted by Gasteiger charge is -2.08. The number of nitrogen functional groups attached to an aromatic ring is 1. The van der Waals surface area contributed by atoms with Gasteiger partial charge in [0.25, 0.3) is 5.91 Å². The van der Waals surface area contributed by atoms with E-state index >= 15 is 0 Å². The molecule has 0 aliphatic carbocycles. The number of rotatable bonds is 3. The van der Waals surface area contributed by atoms with Crippen molar-refractivity contribution in [3.8, 4) is 0 Å². The number of nitrogens with one attached hydrogen (secondary N) is 2. The van der Waals surface area contributed by atoms with Gasteiger partial charge in [0, 0.05) is 18.8 Å². The second-order valence-electron chi connectivity index (χ2n) is 3.72. The second-order valence-corrected chi connectivity index (χ2v) is 3.72. The molecule has 0 saturated heterocycles. The second kappa shape index (κ2) is 5.18. The van der Waals surface area contributed by atoms with Crippen LogP contribution in [0.2, 0.25) is 0 Å². The van der Waals surface area contributed by atoms with Crippen LogP contribution in [0, 0.1) is 0 Å². The Balaban J connectivity index is 2.17. The number of hydrogen-bond acceptors (Lipinski definition) is 4. The summed E-state index contributed by atoms with van der Waals surface area (Å²) in [5.74, 6) is 0.279. The number of nitrogens with two attached hydrogens (primary N) is 1. The number of nitrogens with zero attached hydrogens (tertiary/aromatic N) is 1. The van der Waals surface area contributed by atoms with Crippen LogP contribution in [0.1, 0.15) is 10.4 Å². The molecule has 1 aromatic heterocycles. The van der Waals surface area contributed by atoms with Gasteiger partial charge in [0.15, 0.2) is 0 Å². The van der Waals surface area contributed by atoms with Gasteiger partial charge in [-0.2, -0.15) is 0 Å². The maximum Gasteiger partial charge on any atom is 0.256 e. The van der Waals surface area contributed by atoms with Crippen molar-refractivity contribution in [1.29, 1.82) is 0 Å². The van der Waals surface area contributed by atoms with E-state index < -0.39 is 0 Å². The van der Waals surface area contributed by atoms with E-state index in [4.69, 9.17) is 5.73 Å². The fraction of sp³-hybridized carbons (Fsp3) is 0.0769. The van der Waals surface area contributed by atoms with Crippen LogP contribution in [0.3, 0.4) is 0 Å². The summed E-state index contributed by atoms with van der Waals surface area (Å²) in [6, 6.07) is 10.4. The van der Waals surface area contributed by atoms with E-state index in [1.807, 2.05) is 0 Å². The third-order valence-corrected chi connectivity index (χ3v) is 2.49. The summed E-state index contributed by atoms with van der Waals surface area (Å²) in [7, 11) is 1.78. The van der Waals surface area contributed by atoms with Gasteiger partial charge in [0.05, 0.1) is 11.4 Å². The predicted molar refractivity (Wildman–Crippen MR) is 72.6 cm³/mol. The number of pyridine rings is 1. The molecule has 0 bridgehead atoms. The molecule has 5 heteroatoms. The van der Waals surface area contributed by atoms with E-state index in [0.717, 1.165) is 5.69 Å². The van der Waals surface area contributed by atoms with E-state index in [1.54, 1.807) is 49.6 Å². The minimum atomic E-state index is -0.233. The predicted octanol–water partition coefficient (Wildman–Crippen LogP) is 1.96. The molecule has 0 atom stereocenters. The number of amides is 1. The summed E-state index contributed by atoms with van der Waals surface area (Å²) in [4.78, 5) is 16.0. The van der Waals surface area contributed by atoms with Crippen molar-refractivity contribution in [1.82, 2.24) is 4.98 Å². The molecule has 1 amide bonds. The molecule has 0 spiro atoms. The average molecular weight is 242 g/mol. The number of hydrogen-bond donors (Lipinski definition) is 3. The van der Waals surface area contributed by atoms with E-state index in [2.05, 4.69) is 15.6 Å². The van der Waals surface area contributed by atoms with Gasteiger partial charge in [-0.3, -0.25) is 4.79 Å². The molecule has 0 unspecified atom stereocenters. The molecule has 4 N–H and O–H groups in total. The summed E-state index contributed by atoms with van der Waals surface area (Å²) in [5, 5.41) is 5.64. The lowest BCUT2D eigenvalue weighted by molar-refractivity contribution is 0.102. The molecule has 1 heterocycles. The maximum atomic E-state index is 11.9. The summed E-state index contributed by atoms with van der Waals surface area (Å²) in [6.45, 7) is 0. The Morgan fingerprint density at radius 2 is 2.11 bits per heavy atom. The van der Waals surface area contributed by atoms with E-state index in [-0.39, 0.29) is 5.91 Å². The first-order chi connectivity index (χ1) is 8.70. The zero-order chi connectivity index (χ0) is 13.0. The lowest BCUT2D eigenvalue weighted by atomic mass is 10.1. The largest absolute Gasteiger partial charge is 0.397 e. The first kappa shape index (κ1) is 11.9. The molecule has 18 heavy (non-hydrogen) atoms. The van der Waals surface area contributed by atoms with Gasteiger partial charge >= 0.3 is 0 Å². The number of anilines is 3. The Morgan fingerprint density at radius 3 is 2.72 bits per heavy atom. The average Bonchev–Trinajstić information content (AvgIpc) is 2.39. The molecular weight excluding hydrogens is 228 g/mol. The topological polar surface area (TPSA) is 80.0 Å². The van der Waals surface area contributed by atoms with Crippen LogP contribution in [0.25, 0.3) is 0 Å². The Morgan fingerprint density at radius 1 is 1.28 bits per heavy atom. The van der Waals surface area contributed by atoms with Crippen LogP contribution < -0.4 is 16.4 Å². The van der Waals surface area contributed by atoms with Crippen molar-refractivity contribution in [3.63, 3.8) is 0 Å². The first-order valence-electron chi connectivity index (χ1n) is 5.50. The summed E-state index contributed by atoms with van der Waals surface area (Å²) in [5.41, 5.74) is 7.63. The third kappa shape index (κ3) is 2.57. The standard InChI is InChI=1S/C13H14N4O/c1-15-11-6-5-9(8-10(11)14)13(18)17-12-4-2-3-7-16-12/h2-8,15H,14H2,1H3,(H,16,17,18). The highest BCUT2D eigenvalue weighted by molar-refractivity contribution is 6.04. The highest BCUT2D eigenvalue weighted by Gasteiger charge is 2.08. The van der Waals surface area contributed by atoms with Gasteiger partial charge in [-0.15, -0.1) is 0 Å². The Hall–Kier alpha value is -2.56. The third-order valence-electron chi connectivity index (χ3n) is 2.49. The Labute approximate surface area is 105 Å². The molecule has 92 valence electrons. The van der Waals surface area contributed by atoms with Crippen LogP contribution >= 0.6 is 0 Å². The minimum Gasteiger partial charge on any atom is -0.397 e. The van der Waals surface area contributed by atoms with E-state index in [1.165, 1.54) is 0 Å². The van der Waals surface area contributed by atoms with Gasteiger partial charge < -0.3 is 16.4 Å². The van der Waals surface area contributed by atoms with Crippen molar-refractivity contribution in [2.45, 2.75) is 0 Å². The molecule has 0 radical (unpaired) electrons. The molecule has 2 rings (SSSR count). The molecular formula is C13H14N4O. The molecule has 0 aliphatic heterocycles. The monoisotopic (exact) mass is 242 g/mol. The first-order valence-corrected chi connectivity index (χ1v) is 5.50. The van der Waals surface area contributed by atoms with Crippen molar-refractivity contribution < 1.29 is 4.79 Å². The molecule has 5 nitrogen and oxygen atoms in total. The number of carbonyl (C=O) groups is 1. The van der Waals surface area contributed by atoms with Crippen LogP contribution in [0.4, 0.5) is 17.2 Å². The van der Waals surface area contributed by atoms with Crippen molar-refractivity contribution in [2.75, 3.05) is 23.4 Å². The normalized spacial score (nSPS) is 9.83. The van der Waals surface area contributed by atoms with Crippen LogP contribution in [0.15, 0.2) is 42.6 Å². The van der Waals surface area contributed by atoms with Crippen molar-refractivity contribution >= 4 is 23.1 Å². The minimum absolute atomic E-state index is 0.233. The zero-order valence-electron chi connectivity index (χ0n) is 9.97. The number of carbonyl (C=O) groups excluding carboxylic acids is 1. The van der Waals surface area contributed by atoms with Gasteiger partial charge in [-0.25, -0.2) is 4.98 Å². The molecule has 0 fully saturated rings. The number of benzene rings is 1.